The summed E-state index contributed by atoms with van der Waals surface area (Å²) >= 11 is 0. The Kier molecular flexibility index (Phi) is 4.58. The second kappa shape index (κ2) is 7.35. The van der Waals surface area contributed by atoms with Crippen molar-refractivity contribution in [1.29, 1.82) is 0 Å². The van der Waals surface area contributed by atoms with Gasteiger partial charge < -0.3 is 5.11 Å². The summed E-state index contributed by atoms with van der Waals surface area (Å²) in [4.78, 5) is 27.0. The van der Waals surface area contributed by atoms with E-state index in [1.165, 1.54) is 29.1 Å². The van der Waals surface area contributed by atoms with Crippen LogP contribution in [-0.2, 0) is 0 Å². The van der Waals surface area contributed by atoms with E-state index in [-0.39, 0.29) is 16.9 Å². The van der Waals surface area contributed by atoms with E-state index in [0.717, 1.165) is 0 Å². The van der Waals surface area contributed by atoms with Crippen molar-refractivity contribution in [3.63, 3.8) is 0 Å². The Morgan fingerprint density at radius 3 is 2.41 bits per heavy atom. The molecule has 0 radical (unpaired) electrons. The summed E-state index contributed by atoms with van der Waals surface area (Å²) in [6.07, 6.45) is 3.11. The molecule has 0 atom stereocenters. The Hall–Kier alpha value is -4.33. The molecular weight excluding hydrogens is 372 g/mol. The smallest absolute Gasteiger partial charge is 0.340 e. The van der Waals surface area contributed by atoms with Gasteiger partial charge in [-0.05, 0) is 18.2 Å². The van der Waals surface area contributed by atoms with Crippen LogP contribution in [0.1, 0.15) is 10.4 Å². The lowest BCUT2D eigenvalue weighted by molar-refractivity contribution is -0.384. The van der Waals surface area contributed by atoms with Crippen LogP contribution in [0, 0.1) is 10.1 Å². The number of hydrogen-bond acceptors (Lipinski definition) is 5. The predicted octanol–water partition coefficient (Wildman–Crippen LogP) is 4.21. The van der Waals surface area contributed by atoms with Crippen molar-refractivity contribution < 1.29 is 14.8 Å². The number of nitrogens with zero attached hydrogens (tertiary/aromatic N) is 4. The van der Waals surface area contributed by atoms with Gasteiger partial charge in [-0.15, -0.1) is 0 Å². The van der Waals surface area contributed by atoms with E-state index in [0.29, 0.717) is 22.5 Å². The molecule has 8 heteroatoms. The average molecular weight is 386 g/mol. The number of nitro groups is 1. The molecule has 0 unspecified atom stereocenters. The monoisotopic (exact) mass is 386 g/mol. The van der Waals surface area contributed by atoms with Gasteiger partial charge in [-0.3, -0.25) is 15.1 Å². The maximum atomic E-state index is 12.2. The zero-order valence-corrected chi connectivity index (χ0v) is 15.0. The molecule has 29 heavy (non-hydrogen) atoms. The molecule has 0 aliphatic rings. The van der Waals surface area contributed by atoms with Gasteiger partial charge in [0.15, 0.2) is 0 Å². The molecule has 142 valence electrons. The van der Waals surface area contributed by atoms with Gasteiger partial charge in [0, 0.05) is 35.7 Å². The predicted molar refractivity (Wildman–Crippen MR) is 106 cm³/mol. The number of rotatable bonds is 5. The Morgan fingerprint density at radius 1 is 1.00 bits per heavy atom. The highest BCUT2D eigenvalue weighted by Gasteiger charge is 2.27. The molecule has 0 fully saturated rings. The van der Waals surface area contributed by atoms with Crippen molar-refractivity contribution in [2.24, 2.45) is 0 Å². The van der Waals surface area contributed by atoms with Crippen LogP contribution < -0.4 is 0 Å². The minimum Gasteiger partial charge on any atom is -0.478 e. The third-order valence-corrected chi connectivity index (χ3v) is 4.37. The van der Waals surface area contributed by atoms with Crippen molar-refractivity contribution in [1.82, 2.24) is 14.8 Å². The van der Waals surface area contributed by atoms with E-state index in [2.05, 4.69) is 10.1 Å². The summed E-state index contributed by atoms with van der Waals surface area (Å²) in [7, 11) is 0. The first-order valence-corrected chi connectivity index (χ1v) is 8.63. The summed E-state index contributed by atoms with van der Waals surface area (Å²) < 4.78 is 1.42. The molecular formula is C21H14N4O4. The van der Waals surface area contributed by atoms with Gasteiger partial charge in [0.1, 0.15) is 11.3 Å². The number of carboxylic acids is 1. The molecule has 1 N–H and O–H groups in total. The van der Waals surface area contributed by atoms with Crippen LogP contribution in [0.5, 0.6) is 0 Å². The highest BCUT2D eigenvalue weighted by Crippen LogP contribution is 2.34. The van der Waals surface area contributed by atoms with Crippen molar-refractivity contribution in [3.05, 3.63) is 94.8 Å². The highest BCUT2D eigenvalue weighted by atomic mass is 16.6. The van der Waals surface area contributed by atoms with Crippen LogP contribution in [0.4, 0.5) is 5.69 Å². The summed E-state index contributed by atoms with van der Waals surface area (Å²) in [6.45, 7) is 0. The van der Waals surface area contributed by atoms with Crippen LogP contribution in [0.25, 0.3) is 28.2 Å². The molecule has 0 aliphatic heterocycles. The number of non-ortho nitro benzene ring substituents is 1. The number of aromatic carboxylic acids is 1. The summed E-state index contributed by atoms with van der Waals surface area (Å²) in [5.74, 6) is -1.15. The van der Waals surface area contributed by atoms with Crippen molar-refractivity contribution in [2.45, 2.75) is 0 Å². The van der Waals surface area contributed by atoms with Crippen molar-refractivity contribution in [3.8, 4) is 28.2 Å². The van der Waals surface area contributed by atoms with E-state index < -0.39 is 10.9 Å². The Bertz CT molecular complexity index is 1200. The van der Waals surface area contributed by atoms with Crippen molar-refractivity contribution >= 4 is 11.7 Å². The molecule has 0 saturated carbocycles. The SMILES string of the molecule is O=C(O)c1c(-c2cccnc2)nn(-c2cccc([N+](=O)[O-])c2)c1-c1ccccc1. The fourth-order valence-corrected chi connectivity index (χ4v) is 3.11. The zero-order valence-electron chi connectivity index (χ0n) is 15.0. The maximum Gasteiger partial charge on any atom is 0.340 e. The number of nitro benzene ring substituents is 1. The summed E-state index contributed by atoms with van der Waals surface area (Å²) in [6, 6.07) is 18.2. The first-order chi connectivity index (χ1) is 14.1. The number of aromatic nitrogens is 3. The minimum atomic E-state index is -1.15. The van der Waals surface area contributed by atoms with Gasteiger partial charge in [-0.1, -0.05) is 36.4 Å². The van der Waals surface area contributed by atoms with Gasteiger partial charge in [-0.25, -0.2) is 9.48 Å². The molecule has 4 rings (SSSR count). The third kappa shape index (κ3) is 3.34. The number of pyridine rings is 1. The van der Waals surface area contributed by atoms with Crippen LogP contribution in [0.2, 0.25) is 0 Å². The summed E-state index contributed by atoms with van der Waals surface area (Å²) in [5.41, 5.74) is 1.99. The first-order valence-electron chi connectivity index (χ1n) is 8.63. The molecule has 2 heterocycles. The topological polar surface area (TPSA) is 111 Å². The Morgan fingerprint density at radius 2 is 1.76 bits per heavy atom. The number of benzene rings is 2. The van der Waals surface area contributed by atoms with Gasteiger partial charge in [-0.2, -0.15) is 5.10 Å². The van der Waals surface area contributed by atoms with Crippen LogP contribution in [0.15, 0.2) is 79.1 Å². The Balaban J connectivity index is 2.06. The molecule has 4 aromatic rings. The van der Waals surface area contributed by atoms with Gasteiger partial charge in [0.2, 0.25) is 0 Å². The molecule has 0 aliphatic carbocycles. The second-order valence-corrected chi connectivity index (χ2v) is 6.17. The normalized spacial score (nSPS) is 10.6. The first kappa shape index (κ1) is 18.1. The van der Waals surface area contributed by atoms with Gasteiger partial charge in [0.25, 0.3) is 5.69 Å². The van der Waals surface area contributed by atoms with E-state index in [1.54, 1.807) is 48.7 Å². The van der Waals surface area contributed by atoms with Crippen LogP contribution in [0.3, 0.4) is 0 Å². The average Bonchev–Trinajstić information content (AvgIpc) is 3.16. The fraction of sp³-hybridized carbons (Fsp3) is 0. The lowest BCUT2D eigenvalue weighted by Gasteiger charge is -2.08. The Labute approximate surface area is 164 Å². The van der Waals surface area contributed by atoms with E-state index in [9.17, 15) is 20.0 Å². The van der Waals surface area contributed by atoms with Gasteiger partial charge >= 0.3 is 5.97 Å². The quantitative estimate of drug-likeness (QED) is 0.406. The van der Waals surface area contributed by atoms with E-state index in [1.807, 2.05) is 6.07 Å². The third-order valence-electron chi connectivity index (χ3n) is 4.37. The number of carbonyl (C=O) groups is 1. The fourth-order valence-electron chi connectivity index (χ4n) is 3.11. The lowest BCUT2D eigenvalue weighted by atomic mass is 10.0. The molecule has 8 nitrogen and oxygen atoms in total. The van der Waals surface area contributed by atoms with Crippen LogP contribution in [-0.4, -0.2) is 30.8 Å². The molecule has 0 saturated heterocycles. The second-order valence-electron chi connectivity index (χ2n) is 6.17. The van der Waals surface area contributed by atoms with Crippen LogP contribution >= 0.6 is 0 Å². The summed E-state index contributed by atoms with van der Waals surface area (Å²) in [5, 5.41) is 25.7. The standard InChI is InChI=1S/C21H14N4O4/c26-21(27)18-19(15-8-5-11-22-13-15)23-24(20(18)14-6-2-1-3-7-14)16-9-4-10-17(12-16)25(28)29/h1-13H,(H,26,27). The molecule has 2 aromatic heterocycles. The van der Waals surface area contributed by atoms with Gasteiger partial charge in [0.05, 0.1) is 16.3 Å². The molecule has 0 bridgehead atoms. The molecule has 0 amide bonds. The largest absolute Gasteiger partial charge is 0.478 e. The maximum absolute atomic E-state index is 12.2. The molecule has 0 spiro atoms. The zero-order chi connectivity index (χ0) is 20.4. The van der Waals surface area contributed by atoms with Crippen molar-refractivity contribution in [2.75, 3.05) is 0 Å². The molecule has 2 aromatic carbocycles. The number of carboxylic acid groups (broad SMARTS) is 1. The van der Waals surface area contributed by atoms with E-state index >= 15 is 0 Å². The van der Waals surface area contributed by atoms with E-state index in [4.69, 9.17) is 0 Å². The number of hydrogen-bond donors (Lipinski definition) is 1. The highest BCUT2D eigenvalue weighted by molar-refractivity contribution is 6.01. The lowest BCUT2D eigenvalue weighted by Crippen LogP contribution is -2.03. The minimum absolute atomic E-state index is 0.00398.